The van der Waals surface area contributed by atoms with E-state index in [9.17, 15) is 4.79 Å². The lowest BCUT2D eigenvalue weighted by Gasteiger charge is -2.03. The molecule has 0 aliphatic rings. The molecule has 84 valence electrons. The standard InChI is InChI=1S/C10H18N4O/c1-2-3-4-12-10(15)8-14-7-9(5-11)6-13-14/h6-7H,2-5,8,11H2,1H3,(H,12,15). The normalized spacial score (nSPS) is 10.3. The van der Waals surface area contributed by atoms with E-state index < -0.39 is 0 Å². The molecule has 0 bridgehead atoms. The van der Waals surface area contributed by atoms with Crippen LogP contribution in [0.1, 0.15) is 25.3 Å². The van der Waals surface area contributed by atoms with Crippen LogP contribution in [0, 0.1) is 0 Å². The first-order valence-corrected chi connectivity index (χ1v) is 5.24. The fraction of sp³-hybridized carbons (Fsp3) is 0.600. The summed E-state index contributed by atoms with van der Waals surface area (Å²) in [5.41, 5.74) is 6.38. The molecule has 0 unspecified atom stereocenters. The van der Waals surface area contributed by atoms with Crippen molar-refractivity contribution in [2.45, 2.75) is 32.9 Å². The van der Waals surface area contributed by atoms with Gasteiger partial charge in [0.15, 0.2) is 0 Å². The molecule has 5 heteroatoms. The SMILES string of the molecule is CCCCNC(=O)Cn1cc(CN)cn1. The van der Waals surface area contributed by atoms with Crippen molar-refractivity contribution in [2.24, 2.45) is 5.73 Å². The van der Waals surface area contributed by atoms with Gasteiger partial charge in [-0.2, -0.15) is 5.10 Å². The van der Waals surface area contributed by atoms with E-state index in [0.29, 0.717) is 6.54 Å². The minimum absolute atomic E-state index is 0.00452. The number of carbonyl (C=O) groups is 1. The Balaban J connectivity index is 2.31. The van der Waals surface area contributed by atoms with Gasteiger partial charge < -0.3 is 11.1 Å². The second-order valence-electron chi connectivity index (χ2n) is 3.45. The van der Waals surface area contributed by atoms with Gasteiger partial charge in [-0.1, -0.05) is 13.3 Å². The highest BCUT2D eigenvalue weighted by Gasteiger charge is 2.02. The van der Waals surface area contributed by atoms with Crippen LogP contribution in [0.4, 0.5) is 0 Å². The lowest BCUT2D eigenvalue weighted by molar-refractivity contribution is -0.121. The quantitative estimate of drug-likeness (QED) is 0.661. The molecule has 0 aliphatic carbocycles. The van der Waals surface area contributed by atoms with Crippen LogP contribution in [0.25, 0.3) is 0 Å². The minimum atomic E-state index is -0.00452. The van der Waals surface area contributed by atoms with Crippen LogP contribution in [-0.4, -0.2) is 22.2 Å². The van der Waals surface area contributed by atoms with E-state index in [2.05, 4.69) is 17.3 Å². The van der Waals surface area contributed by atoms with Crippen molar-refractivity contribution < 1.29 is 4.79 Å². The maximum absolute atomic E-state index is 11.4. The fourth-order valence-electron chi connectivity index (χ4n) is 1.21. The smallest absolute Gasteiger partial charge is 0.241 e. The zero-order valence-corrected chi connectivity index (χ0v) is 9.07. The number of hydrogen-bond donors (Lipinski definition) is 2. The highest BCUT2D eigenvalue weighted by atomic mass is 16.2. The van der Waals surface area contributed by atoms with E-state index in [4.69, 9.17) is 5.73 Å². The van der Waals surface area contributed by atoms with E-state index in [1.165, 1.54) is 0 Å². The molecular weight excluding hydrogens is 192 g/mol. The number of hydrogen-bond acceptors (Lipinski definition) is 3. The molecule has 0 atom stereocenters. The molecule has 3 N–H and O–H groups in total. The van der Waals surface area contributed by atoms with E-state index in [1.54, 1.807) is 17.1 Å². The summed E-state index contributed by atoms with van der Waals surface area (Å²) in [5.74, 6) is -0.00452. The predicted octanol–water partition coefficient (Wildman–Crippen LogP) is 0.258. The van der Waals surface area contributed by atoms with Gasteiger partial charge in [0.2, 0.25) is 5.91 Å². The number of amides is 1. The topological polar surface area (TPSA) is 72.9 Å². The summed E-state index contributed by atoms with van der Waals surface area (Å²) in [6, 6.07) is 0. The number of nitrogens with zero attached hydrogens (tertiary/aromatic N) is 2. The molecule has 1 amide bonds. The number of aromatic nitrogens is 2. The summed E-state index contributed by atoms with van der Waals surface area (Å²) in [6.45, 7) is 3.55. The van der Waals surface area contributed by atoms with Crippen LogP contribution in [0.2, 0.25) is 0 Å². The molecular formula is C10H18N4O. The average Bonchev–Trinajstić information content (AvgIpc) is 2.66. The predicted molar refractivity (Wildman–Crippen MR) is 58.0 cm³/mol. The Morgan fingerprint density at radius 3 is 3.07 bits per heavy atom. The first-order valence-electron chi connectivity index (χ1n) is 5.24. The molecule has 1 aromatic rings. The molecule has 0 radical (unpaired) electrons. The fourth-order valence-corrected chi connectivity index (χ4v) is 1.21. The van der Waals surface area contributed by atoms with Gasteiger partial charge in [-0.3, -0.25) is 9.48 Å². The zero-order chi connectivity index (χ0) is 11.1. The van der Waals surface area contributed by atoms with Gasteiger partial charge in [0.25, 0.3) is 0 Å². The Kier molecular flexibility index (Phi) is 4.83. The number of rotatable bonds is 6. The summed E-state index contributed by atoms with van der Waals surface area (Å²) in [7, 11) is 0. The number of carbonyl (C=O) groups excluding carboxylic acids is 1. The van der Waals surface area contributed by atoms with Crippen LogP contribution < -0.4 is 11.1 Å². The Morgan fingerprint density at radius 2 is 2.47 bits per heavy atom. The number of nitrogens with two attached hydrogens (primary N) is 1. The summed E-state index contributed by atoms with van der Waals surface area (Å²) >= 11 is 0. The summed E-state index contributed by atoms with van der Waals surface area (Å²) in [4.78, 5) is 11.4. The average molecular weight is 210 g/mol. The molecule has 0 saturated heterocycles. The first kappa shape index (κ1) is 11.7. The van der Waals surface area contributed by atoms with E-state index in [1.807, 2.05) is 0 Å². The molecule has 1 aromatic heterocycles. The number of nitrogens with one attached hydrogen (secondary N) is 1. The van der Waals surface area contributed by atoms with Crippen molar-refractivity contribution in [2.75, 3.05) is 6.54 Å². The Labute approximate surface area is 89.6 Å². The van der Waals surface area contributed by atoms with Gasteiger partial charge in [0.05, 0.1) is 6.20 Å². The third-order valence-corrected chi connectivity index (χ3v) is 2.08. The van der Waals surface area contributed by atoms with E-state index in [-0.39, 0.29) is 12.5 Å². The van der Waals surface area contributed by atoms with Crippen molar-refractivity contribution in [1.82, 2.24) is 15.1 Å². The highest BCUT2D eigenvalue weighted by molar-refractivity contribution is 5.75. The van der Waals surface area contributed by atoms with Crippen LogP contribution in [0.5, 0.6) is 0 Å². The second-order valence-corrected chi connectivity index (χ2v) is 3.45. The van der Waals surface area contributed by atoms with Gasteiger partial charge in [-0.25, -0.2) is 0 Å². The van der Waals surface area contributed by atoms with Gasteiger partial charge >= 0.3 is 0 Å². The molecule has 15 heavy (non-hydrogen) atoms. The van der Waals surface area contributed by atoms with Crippen molar-refractivity contribution in [3.8, 4) is 0 Å². The summed E-state index contributed by atoms with van der Waals surface area (Å²) in [5, 5.41) is 6.86. The molecule has 0 fully saturated rings. The molecule has 0 spiro atoms. The van der Waals surface area contributed by atoms with Crippen LogP contribution in [-0.2, 0) is 17.9 Å². The third-order valence-electron chi connectivity index (χ3n) is 2.08. The lowest BCUT2D eigenvalue weighted by atomic mass is 10.3. The lowest BCUT2D eigenvalue weighted by Crippen LogP contribution is -2.28. The van der Waals surface area contributed by atoms with E-state index >= 15 is 0 Å². The third kappa shape index (κ3) is 4.12. The molecule has 0 aliphatic heterocycles. The Morgan fingerprint density at radius 1 is 1.67 bits per heavy atom. The van der Waals surface area contributed by atoms with Crippen molar-refractivity contribution in [3.05, 3.63) is 18.0 Å². The largest absolute Gasteiger partial charge is 0.354 e. The van der Waals surface area contributed by atoms with E-state index in [0.717, 1.165) is 24.9 Å². The highest BCUT2D eigenvalue weighted by Crippen LogP contribution is 1.95. The monoisotopic (exact) mass is 210 g/mol. The van der Waals surface area contributed by atoms with Gasteiger partial charge in [-0.05, 0) is 6.42 Å². The molecule has 5 nitrogen and oxygen atoms in total. The van der Waals surface area contributed by atoms with Gasteiger partial charge in [-0.15, -0.1) is 0 Å². The molecule has 0 aromatic carbocycles. The van der Waals surface area contributed by atoms with Crippen molar-refractivity contribution >= 4 is 5.91 Å². The summed E-state index contributed by atoms with van der Waals surface area (Å²) < 4.78 is 1.60. The molecule has 1 heterocycles. The molecule has 0 saturated carbocycles. The maximum atomic E-state index is 11.4. The van der Waals surface area contributed by atoms with Crippen LogP contribution in [0.15, 0.2) is 12.4 Å². The minimum Gasteiger partial charge on any atom is -0.354 e. The van der Waals surface area contributed by atoms with Gasteiger partial charge in [0, 0.05) is 24.8 Å². The second kappa shape index (κ2) is 6.19. The number of unbranched alkanes of at least 4 members (excludes halogenated alkanes) is 1. The molecule has 1 rings (SSSR count). The van der Waals surface area contributed by atoms with Crippen LogP contribution in [0.3, 0.4) is 0 Å². The Bertz CT molecular complexity index is 308. The Hall–Kier alpha value is -1.36. The van der Waals surface area contributed by atoms with Crippen molar-refractivity contribution in [1.29, 1.82) is 0 Å². The van der Waals surface area contributed by atoms with Gasteiger partial charge in [0.1, 0.15) is 6.54 Å². The zero-order valence-electron chi connectivity index (χ0n) is 9.07. The maximum Gasteiger partial charge on any atom is 0.241 e. The van der Waals surface area contributed by atoms with Crippen molar-refractivity contribution in [3.63, 3.8) is 0 Å². The first-order chi connectivity index (χ1) is 7.26. The van der Waals surface area contributed by atoms with Crippen LogP contribution >= 0.6 is 0 Å². The summed E-state index contributed by atoms with van der Waals surface area (Å²) in [6.07, 6.45) is 5.57.